The second kappa shape index (κ2) is 4.67. The van der Waals surface area contributed by atoms with Crippen molar-refractivity contribution in [3.8, 4) is 0 Å². The molecule has 0 amide bonds. The van der Waals surface area contributed by atoms with Crippen LogP contribution in [0, 0.1) is 0 Å². The topological polar surface area (TPSA) is 28.7 Å². The molecule has 3 heteroatoms. The molecule has 3 aromatic rings. The van der Waals surface area contributed by atoms with Gasteiger partial charge in [0.2, 0.25) is 0 Å². The van der Waals surface area contributed by atoms with Crippen LogP contribution in [0.5, 0.6) is 0 Å². The zero-order valence-electron chi connectivity index (χ0n) is 9.60. The van der Waals surface area contributed by atoms with Crippen molar-refractivity contribution in [2.45, 2.75) is 0 Å². The molecule has 0 atom stereocenters. The van der Waals surface area contributed by atoms with E-state index in [0.29, 0.717) is 0 Å². The molecule has 1 N–H and O–H groups in total. The number of hydrogen-bond donors (Lipinski definition) is 1. The van der Waals surface area contributed by atoms with Gasteiger partial charge in [0.25, 0.3) is 0 Å². The number of fused-ring (bicyclic) bond motifs is 1. The van der Waals surface area contributed by atoms with Crippen LogP contribution < -0.4 is 0 Å². The van der Waals surface area contributed by atoms with Gasteiger partial charge in [0, 0.05) is 10.4 Å². The fraction of sp³-hybridized carbons (Fsp3) is 0. The molecule has 0 radical (unpaired) electrons. The minimum Gasteiger partial charge on any atom is -0.277 e. The van der Waals surface area contributed by atoms with Crippen LogP contribution in [-0.2, 0) is 0 Å². The first-order valence-electron chi connectivity index (χ1n) is 5.70. The van der Waals surface area contributed by atoms with Gasteiger partial charge in [-0.1, -0.05) is 48.0 Å². The van der Waals surface area contributed by atoms with Gasteiger partial charge in [-0.3, -0.25) is 5.10 Å². The second-order valence-electron chi connectivity index (χ2n) is 4.04. The van der Waals surface area contributed by atoms with Crippen LogP contribution in [0.3, 0.4) is 0 Å². The summed E-state index contributed by atoms with van der Waals surface area (Å²) in [6.45, 7) is 0. The Hall–Kier alpha value is -2.06. The molecule has 18 heavy (non-hydrogen) atoms. The Bertz CT molecular complexity index is 699. The fourth-order valence-corrected chi connectivity index (χ4v) is 2.05. The maximum atomic E-state index is 6.00. The summed E-state index contributed by atoms with van der Waals surface area (Å²) in [6, 6.07) is 15.8. The number of hydrogen-bond acceptors (Lipinski definition) is 1. The fourth-order valence-electron chi connectivity index (χ4n) is 1.87. The summed E-state index contributed by atoms with van der Waals surface area (Å²) in [4.78, 5) is 0. The molecule has 1 aromatic heterocycles. The highest BCUT2D eigenvalue weighted by Crippen LogP contribution is 2.22. The Balaban J connectivity index is 2.00. The third kappa shape index (κ3) is 2.15. The number of aromatic amines is 1. The van der Waals surface area contributed by atoms with Crippen molar-refractivity contribution in [2.24, 2.45) is 0 Å². The zero-order chi connectivity index (χ0) is 12.4. The summed E-state index contributed by atoms with van der Waals surface area (Å²) >= 11 is 6.00. The molecule has 0 unspecified atom stereocenters. The molecule has 0 aliphatic carbocycles. The minimum absolute atomic E-state index is 0.721. The van der Waals surface area contributed by atoms with Gasteiger partial charge in [-0.05, 0) is 29.8 Å². The first kappa shape index (κ1) is 11.1. The molecule has 88 valence electrons. The maximum absolute atomic E-state index is 6.00. The number of H-pyrrole nitrogens is 1. The van der Waals surface area contributed by atoms with Crippen molar-refractivity contribution < 1.29 is 0 Å². The van der Waals surface area contributed by atoms with E-state index in [-0.39, 0.29) is 0 Å². The zero-order valence-corrected chi connectivity index (χ0v) is 10.4. The molecular weight excluding hydrogens is 244 g/mol. The number of rotatable bonds is 2. The van der Waals surface area contributed by atoms with Crippen LogP contribution in [0.2, 0.25) is 5.02 Å². The van der Waals surface area contributed by atoms with Gasteiger partial charge in [0.15, 0.2) is 0 Å². The van der Waals surface area contributed by atoms with Gasteiger partial charge in [0.05, 0.1) is 11.2 Å². The highest BCUT2D eigenvalue weighted by atomic mass is 35.5. The van der Waals surface area contributed by atoms with Crippen LogP contribution in [0.15, 0.2) is 48.5 Å². The molecule has 3 rings (SSSR count). The lowest BCUT2D eigenvalue weighted by molar-refractivity contribution is 1.11. The molecular formula is C15H11ClN2. The Labute approximate surface area is 110 Å². The summed E-state index contributed by atoms with van der Waals surface area (Å²) in [7, 11) is 0. The standard InChI is InChI=1S/C15H11ClN2/c16-12-7-9-15-13(10-12)14(17-18-15)8-6-11-4-2-1-3-5-11/h1-10H,(H,17,18)/b8-6+. The van der Waals surface area contributed by atoms with Crippen LogP contribution in [0.1, 0.15) is 11.3 Å². The van der Waals surface area contributed by atoms with E-state index in [1.54, 1.807) is 0 Å². The highest BCUT2D eigenvalue weighted by molar-refractivity contribution is 6.31. The molecule has 0 saturated heterocycles. The van der Waals surface area contributed by atoms with Crippen LogP contribution in [0.25, 0.3) is 23.1 Å². The average Bonchev–Trinajstić information content (AvgIpc) is 2.80. The lowest BCUT2D eigenvalue weighted by atomic mass is 10.1. The normalized spacial score (nSPS) is 11.4. The van der Waals surface area contributed by atoms with Crippen molar-refractivity contribution in [3.63, 3.8) is 0 Å². The summed E-state index contributed by atoms with van der Waals surface area (Å²) in [5, 5.41) is 9.03. The number of halogens is 1. The maximum Gasteiger partial charge on any atom is 0.0927 e. The molecule has 2 aromatic carbocycles. The predicted octanol–water partition coefficient (Wildman–Crippen LogP) is 4.39. The summed E-state index contributed by atoms with van der Waals surface area (Å²) in [6.07, 6.45) is 4.03. The molecule has 0 spiro atoms. The van der Waals surface area contributed by atoms with Gasteiger partial charge < -0.3 is 0 Å². The van der Waals surface area contributed by atoms with Crippen molar-refractivity contribution in [3.05, 3.63) is 64.8 Å². The largest absolute Gasteiger partial charge is 0.277 e. The van der Waals surface area contributed by atoms with Crippen LogP contribution >= 0.6 is 11.6 Å². The number of nitrogens with one attached hydrogen (secondary N) is 1. The average molecular weight is 255 g/mol. The molecule has 0 aliphatic heterocycles. The van der Waals surface area contributed by atoms with E-state index in [9.17, 15) is 0 Å². The third-order valence-electron chi connectivity index (χ3n) is 2.79. The smallest absolute Gasteiger partial charge is 0.0927 e. The first-order valence-corrected chi connectivity index (χ1v) is 6.07. The number of benzene rings is 2. The Morgan fingerprint density at radius 2 is 1.83 bits per heavy atom. The monoisotopic (exact) mass is 254 g/mol. The Kier molecular flexibility index (Phi) is 2.87. The van der Waals surface area contributed by atoms with E-state index in [4.69, 9.17) is 11.6 Å². The SMILES string of the molecule is Clc1ccc2[nH]nc(/C=C/c3ccccc3)c2c1. The van der Waals surface area contributed by atoms with Crippen LogP contribution in [-0.4, -0.2) is 10.2 Å². The minimum atomic E-state index is 0.721. The Morgan fingerprint density at radius 1 is 1.00 bits per heavy atom. The predicted molar refractivity (Wildman–Crippen MR) is 76.5 cm³/mol. The van der Waals surface area contributed by atoms with Crippen molar-refractivity contribution in [1.29, 1.82) is 0 Å². The van der Waals surface area contributed by atoms with E-state index >= 15 is 0 Å². The van der Waals surface area contributed by atoms with Gasteiger partial charge >= 0.3 is 0 Å². The molecule has 1 heterocycles. The van der Waals surface area contributed by atoms with E-state index < -0.39 is 0 Å². The van der Waals surface area contributed by atoms with Crippen LogP contribution in [0.4, 0.5) is 0 Å². The van der Waals surface area contributed by atoms with E-state index in [0.717, 1.165) is 27.2 Å². The Morgan fingerprint density at radius 3 is 2.67 bits per heavy atom. The lowest BCUT2D eigenvalue weighted by Crippen LogP contribution is -1.73. The lowest BCUT2D eigenvalue weighted by Gasteiger charge is -1.93. The van der Waals surface area contributed by atoms with Gasteiger partial charge in [0.1, 0.15) is 0 Å². The molecule has 0 aliphatic rings. The van der Waals surface area contributed by atoms with Crippen molar-refractivity contribution in [2.75, 3.05) is 0 Å². The molecule has 0 saturated carbocycles. The van der Waals surface area contributed by atoms with E-state index in [1.807, 2.05) is 48.6 Å². The van der Waals surface area contributed by atoms with Gasteiger partial charge in [-0.15, -0.1) is 0 Å². The van der Waals surface area contributed by atoms with Gasteiger partial charge in [-0.2, -0.15) is 5.10 Å². The molecule has 0 bridgehead atoms. The number of nitrogens with zero attached hydrogens (tertiary/aromatic N) is 1. The second-order valence-corrected chi connectivity index (χ2v) is 4.48. The van der Waals surface area contributed by atoms with Crippen molar-refractivity contribution in [1.82, 2.24) is 10.2 Å². The number of aromatic nitrogens is 2. The quantitative estimate of drug-likeness (QED) is 0.722. The third-order valence-corrected chi connectivity index (χ3v) is 3.02. The summed E-state index contributed by atoms with van der Waals surface area (Å²) < 4.78 is 0. The summed E-state index contributed by atoms with van der Waals surface area (Å²) in [5.74, 6) is 0. The first-order chi connectivity index (χ1) is 8.83. The van der Waals surface area contributed by atoms with Crippen molar-refractivity contribution >= 4 is 34.7 Å². The van der Waals surface area contributed by atoms with E-state index in [2.05, 4.69) is 22.3 Å². The molecule has 0 fully saturated rings. The molecule has 2 nitrogen and oxygen atoms in total. The van der Waals surface area contributed by atoms with E-state index in [1.165, 1.54) is 0 Å². The van der Waals surface area contributed by atoms with Gasteiger partial charge in [-0.25, -0.2) is 0 Å². The summed E-state index contributed by atoms with van der Waals surface area (Å²) in [5.41, 5.74) is 3.04. The highest BCUT2D eigenvalue weighted by Gasteiger charge is 2.02.